The Labute approximate surface area is 60.0 Å². The Morgan fingerprint density at radius 1 is 1.90 bits per heavy atom. The summed E-state index contributed by atoms with van der Waals surface area (Å²) in [6.45, 7) is 4.56. The smallest absolute Gasteiger partial charge is 0.303 e. The minimum Gasteiger partial charge on any atom is -0.481 e. The van der Waals surface area contributed by atoms with E-state index >= 15 is 0 Å². The van der Waals surface area contributed by atoms with E-state index in [-0.39, 0.29) is 17.9 Å². The second-order valence-electron chi connectivity index (χ2n) is 3.10. The second-order valence-corrected chi connectivity index (χ2v) is 3.10. The van der Waals surface area contributed by atoms with Gasteiger partial charge in [-0.25, -0.2) is 0 Å². The molecule has 58 valence electrons. The lowest BCUT2D eigenvalue weighted by Gasteiger charge is -2.11. The number of hydrogen-bond acceptors (Lipinski definition) is 2. The van der Waals surface area contributed by atoms with Crippen molar-refractivity contribution < 1.29 is 14.6 Å². The Bertz CT molecular complexity index is 149. The summed E-state index contributed by atoms with van der Waals surface area (Å²) in [5.74, 6) is -0.616. The molecule has 0 aromatic carbocycles. The van der Waals surface area contributed by atoms with Gasteiger partial charge in [0.25, 0.3) is 0 Å². The molecule has 0 aromatic heterocycles. The maximum absolute atomic E-state index is 10.2. The summed E-state index contributed by atoms with van der Waals surface area (Å²) in [6.07, 6.45) is 0.205. The van der Waals surface area contributed by atoms with Crippen LogP contribution in [0.2, 0.25) is 0 Å². The predicted molar refractivity (Wildman–Crippen MR) is 35.8 cm³/mol. The molecule has 0 aromatic rings. The van der Waals surface area contributed by atoms with E-state index in [0.717, 1.165) is 0 Å². The summed E-state index contributed by atoms with van der Waals surface area (Å²) in [6, 6.07) is 0. The molecular formula is C7H12O3. The van der Waals surface area contributed by atoms with Crippen LogP contribution < -0.4 is 0 Å². The lowest BCUT2D eigenvalue weighted by Crippen LogP contribution is -2.20. The van der Waals surface area contributed by atoms with Crippen LogP contribution in [0.3, 0.4) is 0 Å². The van der Waals surface area contributed by atoms with Crippen molar-refractivity contribution in [3.8, 4) is 0 Å². The molecule has 0 saturated carbocycles. The van der Waals surface area contributed by atoms with Crippen molar-refractivity contribution in [2.75, 3.05) is 6.61 Å². The van der Waals surface area contributed by atoms with E-state index in [2.05, 4.69) is 0 Å². The molecule has 0 bridgehead atoms. The highest BCUT2D eigenvalue weighted by molar-refractivity contribution is 5.67. The summed E-state index contributed by atoms with van der Waals surface area (Å²) in [4.78, 5) is 10.2. The summed E-state index contributed by atoms with van der Waals surface area (Å²) in [5, 5.41) is 8.42. The molecule has 10 heavy (non-hydrogen) atoms. The Hall–Kier alpha value is -0.570. The topological polar surface area (TPSA) is 49.8 Å². The standard InChI is InChI=1S/C7H12O3/c1-5(3-6(8)9)7(2)4-10-7/h5H,3-4H2,1-2H3,(H,8,9). The van der Waals surface area contributed by atoms with Gasteiger partial charge in [-0.2, -0.15) is 0 Å². The van der Waals surface area contributed by atoms with E-state index in [9.17, 15) is 4.79 Å². The van der Waals surface area contributed by atoms with E-state index in [0.29, 0.717) is 6.61 Å². The van der Waals surface area contributed by atoms with Gasteiger partial charge in [0.15, 0.2) is 0 Å². The number of carbonyl (C=O) groups is 1. The zero-order chi connectivity index (χ0) is 7.78. The van der Waals surface area contributed by atoms with Crippen LogP contribution in [0.5, 0.6) is 0 Å². The van der Waals surface area contributed by atoms with Crippen molar-refractivity contribution >= 4 is 5.97 Å². The van der Waals surface area contributed by atoms with Crippen LogP contribution >= 0.6 is 0 Å². The van der Waals surface area contributed by atoms with Crippen LogP contribution in [-0.2, 0) is 9.53 Å². The molecule has 3 heteroatoms. The average molecular weight is 144 g/mol. The van der Waals surface area contributed by atoms with Crippen molar-refractivity contribution in [1.29, 1.82) is 0 Å². The van der Waals surface area contributed by atoms with Gasteiger partial charge in [-0.1, -0.05) is 6.92 Å². The summed E-state index contributed by atoms with van der Waals surface area (Å²) >= 11 is 0. The van der Waals surface area contributed by atoms with Crippen molar-refractivity contribution in [2.45, 2.75) is 25.9 Å². The molecule has 0 radical (unpaired) electrons. The Kier molecular flexibility index (Phi) is 1.68. The second kappa shape index (κ2) is 2.23. The van der Waals surface area contributed by atoms with Gasteiger partial charge in [-0.3, -0.25) is 4.79 Å². The number of ether oxygens (including phenoxy) is 1. The van der Waals surface area contributed by atoms with Crippen LogP contribution in [0, 0.1) is 5.92 Å². The third-order valence-electron chi connectivity index (χ3n) is 2.12. The van der Waals surface area contributed by atoms with Gasteiger partial charge >= 0.3 is 5.97 Å². The van der Waals surface area contributed by atoms with Crippen LogP contribution in [0.4, 0.5) is 0 Å². The van der Waals surface area contributed by atoms with Gasteiger partial charge in [0.05, 0.1) is 18.6 Å². The van der Waals surface area contributed by atoms with Gasteiger partial charge in [-0.05, 0) is 12.8 Å². The quantitative estimate of drug-likeness (QED) is 0.598. The fraction of sp³-hybridized carbons (Fsp3) is 0.857. The number of epoxide rings is 1. The third-order valence-corrected chi connectivity index (χ3v) is 2.12. The van der Waals surface area contributed by atoms with E-state index in [1.165, 1.54) is 0 Å². The number of aliphatic carboxylic acids is 1. The zero-order valence-electron chi connectivity index (χ0n) is 6.26. The maximum atomic E-state index is 10.2. The van der Waals surface area contributed by atoms with Gasteiger partial charge in [-0.15, -0.1) is 0 Å². The first kappa shape index (κ1) is 7.54. The first-order valence-electron chi connectivity index (χ1n) is 3.40. The SMILES string of the molecule is CC(CC(=O)O)C1(C)CO1. The molecule has 1 aliphatic heterocycles. The highest BCUT2D eigenvalue weighted by Crippen LogP contribution is 2.36. The molecule has 3 nitrogen and oxygen atoms in total. The van der Waals surface area contributed by atoms with E-state index in [4.69, 9.17) is 9.84 Å². The van der Waals surface area contributed by atoms with Crippen LogP contribution in [-0.4, -0.2) is 23.3 Å². The Morgan fingerprint density at radius 3 is 2.70 bits per heavy atom. The van der Waals surface area contributed by atoms with Crippen LogP contribution in [0.15, 0.2) is 0 Å². The molecule has 2 unspecified atom stereocenters. The Balaban J connectivity index is 2.34. The first-order chi connectivity index (χ1) is 4.54. The molecule has 0 aliphatic carbocycles. The molecule has 1 rings (SSSR count). The number of carboxylic acid groups (broad SMARTS) is 1. The lowest BCUT2D eigenvalue weighted by molar-refractivity contribution is -0.138. The number of rotatable bonds is 3. The molecule has 2 atom stereocenters. The monoisotopic (exact) mass is 144 g/mol. The van der Waals surface area contributed by atoms with E-state index in [1.54, 1.807) is 0 Å². The van der Waals surface area contributed by atoms with Gasteiger partial charge in [0.2, 0.25) is 0 Å². The summed E-state index contributed by atoms with van der Waals surface area (Å²) in [5.41, 5.74) is -0.140. The zero-order valence-corrected chi connectivity index (χ0v) is 6.26. The van der Waals surface area contributed by atoms with Crippen molar-refractivity contribution in [2.24, 2.45) is 5.92 Å². The molecule has 1 N–H and O–H groups in total. The van der Waals surface area contributed by atoms with Crippen LogP contribution in [0.1, 0.15) is 20.3 Å². The largest absolute Gasteiger partial charge is 0.481 e. The van der Waals surface area contributed by atoms with Crippen molar-refractivity contribution in [1.82, 2.24) is 0 Å². The molecule has 0 spiro atoms. The molecule has 1 aliphatic rings. The number of hydrogen-bond donors (Lipinski definition) is 1. The van der Waals surface area contributed by atoms with Gasteiger partial charge in [0, 0.05) is 0 Å². The van der Waals surface area contributed by atoms with Crippen molar-refractivity contribution in [3.63, 3.8) is 0 Å². The van der Waals surface area contributed by atoms with Crippen LogP contribution in [0.25, 0.3) is 0 Å². The van der Waals surface area contributed by atoms with Crippen molar-refractivity contribution in [3.05, 3.63) is 0 Å². The third kappa shape index (κ3) is 1.48. The summed E-state index contributed by atoms with van der Waals surface area (Å²) < 4.78 is 5.10. The normalized spacial score (nSPS) is 33.4. The molecule has 1 fully saturated rings. The predicted octanol–water partition coefficient (Wildman–Crippen LogP) is 0.886. The number of carboxylic acids is 1. The molecule has 1 saturated heterocycles. The molecule has 1 heterocycles. The van der Waals surface area contributed by atoms with Gasteiger partial charge < -0.3 is 9.84 Å². The summed E-state index contributed by atoms with van der Waals surface area (Å²) in [7, 11) is 0. The minimum atomic E-state index is -0.746. The maximum Gasteiger partial charge on any atom is 0.303 e. The first-order valence-corrected chi connectivity index (χ1v) is 3.40. The lowest BCUT2D eigenvalue weighted by atomic mass is 9.94. The van der Waals surface area contributed by atoms with E-state index < -0.39 is 5.97 Å². The minimum absolute atomic E-state index is 0.130. The fourth-order valence-corrected chi connectivity index (χ4v) is 0.876. The fourth-order valence-electron chi connectivity index (χ4n) is 0.876. The van der Waals surface area contributed by atoms with E-state index in [1.807, 2.05) is 13.8 Å². The Morgan fingerprint density at radius 2 is 2.40 bits per heavy atom. The highest BCUT2D eigenvalue weighted by atomic mass is 16.6. The molecular weight excluding hydrogens is 132 g/mol. The van der Waals surface area contributed by atoms with Gasteiger partial charge in [0.1, 0.15) is 0 Å². The highest BCUT2D eigenvalue weighted by Gasteiger charge is 2.45. The average Bonchev–Trinajstić information content (AvgIpc) is 2.47. The molecule has 0 amide bonds.